The van der Waals surface area contributed by atoms with Crippen LogP contribution in [0, 0.1) is 5.41 Å². The van der Waals surface area contributed by atoms with Crippen molar-refractivity contribution in [1.29, 1.82) is 0 Å². The van der Waals surface area contributed by atoms with Crippen LogP contribution in [0.5, 0.6) is 0 Å². The summed E-state index contributed by atoms with van der Waals surface area (Å²) in [7, 11) is 0. The zero-order valence-corrected chi connectivity index (χ0v) is 11.4. The van der Waals surface area contributed by atoms with Gasteiger partial charge in [-0.1, -0.05) is 18.2 Å². The first-order valence-corrected chi connectivity index (χ1v) is 6.95. The number of benzene rings is 1. The van der Waals surface area contributed by atoms with Gasteiger partial charge >= 0.3 is 5.97 Å². The molecule has 21 heavy (non-hydrogen) atoms. The Kier molecular flexibility index (Phi) is 3.16. The van der Waals surface area contributed by atoms with E-state index in [0.29, 0.717) is 25.8 Å². The Balaban J connectivity index is 1.68. The number of carbonyl (C=O) groups is 3. The van der Waals surface area contributed by atoms with Crippen LogP contribution < -0.4 is 10.2 Å². The summed E-state index contributed by atoms with van der Waals surface area (Å²) >= 11 is 0. The first-order valence-electron chi connectivity index (χ1n) is 6.95. The van der Waals surface area contributed by atoms with Crippen molar-refractivity contribution in [2.45, 2.75) is 25.3 Å². The van der Waals surface area contributed by atoms with Gasteiger partial charge in [-0.15, -0.1) is 0 Å². The number of aliphatic carboxylic acids is 1. The highest BCUT2D eigenvalue weighted by molar-refractivity contribution is 6.08. The second-order valence-corrected chi connectivity index (χ2v) is 5.53. The number of hydrogen-bond acceptors (Lipinski definition) is 3. The third-order valence-corrected chi connectivity index (χ3v) is 4.17. The summed E-state index contributed by atoms with van der Waals surface area (Å²) in [5.41, 5.74) is -0.515. The first-order chi connectivity index (χ1) is 10.0. The van der Waals surface area contributed by atoms with Crippen LogP contribution in [0.1, 0.15) is 19.3 Å². The van der Waals surface area contributed by atoms with Crippen molar-refractivity contribution < 1.29 is 19.5 Å². The van der Waals surface area contributed by atoms with Gasteiger partial charge in [-0.05, 0) is 31.4 Å². The number of carbonyl (C=O) groups excluding carboxylic acids is 2. The summed E-state index contributed by atoms with van der Waals surface area (Å²) in [5, 5.41) is 11.7. The van der Waals surface area contributed by atoms with Gasteiger partial charge in [-0.3, -0.25) is 14.4 Å². The minimum atomic E-state index is -1.31. The molecular weight excluding hydrogens is 272 g/mol. The van der Waals surface area contributed by atoms with E-state index in [1.807, 2.05) is 30.3 Å². The quantitative estimate of drug-likeness (QED) is 0.801. The fraction of sp³-hybridized carbons (Fsp3) is 0.400. The van der Waals surface area contributed by atoms with E-state index in [1.54, 1.807) is 4.90 Å². The molecule has 2 fully saturated rings. The molecule has 110 valence electrons. The Morgan fingerprint density at radius 2 is 1.90 bits per heavy atom. The number of rotatable bonds is 4. The monoisotopic (exact) mass is 288 g/mol. The van der Waals surface area contributed by atoms with Crippen LogP contribution in [0.4, 0.5) is 5.69 Å². The molecule has 2 aliphatic rings. The highest BCUT2D eigenvalue weighted by Gasteiger charge is 2.57. The Labute approximate surface area is 121 Å². The molecule has 1 aliphatic heterocycles. The average Bonchev–Trinajstić information content (AvgIpc) is 3.22. The molecule has 2 amide bonds. The van der Waals surface area contributed by atoms with E-state index in [4.69, 9.17) is 5.11 Å². The van der Waals surface area contributed by atoms with Gasteiger partial charge in [-0.2, -0.15) is 0 Å². The average molecular weight is 288 g/mol. The van der Waals surface area contributed by atoms with Crippen molar-refractivity contribution in [2.24, 2.45) is 5.41 Å². The molecule has 2 N–H and O–H groups in total. The number of nitrogens with one attached hydrogen (secondary N) is 1. The molecule has 0 unspecified atom stereocenters. The predicted octanol–water partition coefficient (Wildman–Crippen LogP) is 0.773. The molecule has 0 radical (unpaired) electrons. The van der Waals surface area contributed by atoms with E-state index < -0.39 is 23.3 Å². The van der Waals surface area contributed by atoms with Gasteiger partial charge in [0.1, 0.15) is 11.5 Å². The summed E-state index contributed by atoms with van der Waals surface area (Å²) < 4.78 is 0. The van der Waals surface area contributed by atoms with Gasteiger partial charge in [0, 0.05) is 12.2 Å². The van der Waals surface area contributed by atoms with Crippen molar-refractivity contribution in [3.8, 4) is 0 Å². The van der Waals surface area contributed by atoms with Crippen molar-refractivity contribution in [3.63, 3.8) is 0 Å². The van der Waals surface area contributed by atoms with Gasteiger partial charge in [0.05, 0.1) is 0 Å². The molecule has 1 heterocycles. The van der Waals surface area contributed by atoms with Gasteiger partial charge in [0.15, 0.2) is 0 Å². The lowest BCUT2D eigenvalue weighted by atomic mass is 10.1. The van der Waals surface area contributed by atoms with Gasteiger partial charge < -0.3 is 15.3 Å². The van der Waals surface area contributed by atoms with Crippen molar-refractivity contribution in [3.05, 3.63) is 30.3 Å². The van der Waals surface area contributed by atoms with E-state index >= 15 is 0 Å². The van der Waals surface area contributed by atoms with E-state index in [0.717, 1.165) is 5.69 Å². The lowest BCUT2D eigenvalue weighted by Crippen LogP contribution is -2.46. The molecule has 0 bridgehead atoms. The van der Waals surface area contributed by atoms with Crippen LogP contribution in [-0.4, -0.2) is 35.5 Å². The maximum Gasteiger partial charge on any atom is 0.319 e. The second-order valence-electron chi connectivity index (χ2n) is 5.53. The third kappa shape index (κ3) is 2.26. The lowest BCUT2D eigenvalue weighted by Gasteiger charge is -2.18. The number of carboxylic acids is 1. The van der Waals surface area contributed by atoms with Crippen LogP contribution in [0.3, 0.4) is 0 Å². The van der Waals surface area contributed by atoms with Crippen LogP contribution >= 0.6 is 0 Å². The zero-order valence-electron chi connectivity index (χ0n) is 11.4. The highest BCUT2D eigenvalue weighted by atomic mass is 16.4. The summed E-state index contributed by atoms with van der Waals surface area (Å²) in [5.74, 6) is -1.83. The number of anilines is 1. The third-order valence-electron chi connectivity index (χ3n) is 4.17. The molecule has 1 atom stereocenters. The lowest BCUT2D eigenvalue weighted by molar-refractivity contribution is -0.149. The second kappa shape index (κ2) is 4.87. The molecule has 1 aliphatic carbocycles. The van der Waals surface area contributed by atoms with E-state index in [2.05, 4.69) is 5.32 Å². The Morgan fingerprint density at radius 1 is 1.24 bits per heavy atom. The molecule has 0 spiro atoms. The van der Waals surface area contributed by atoms with Gasteiger partial charge in [-0.25, -0.2) is 0 Å². The summed E-state index contributed by atoms with van der Waals surface area (Å²) in [6.07, 6.45) is 1.18. The van der Waals surface area contributed by atoms with Gasteiger partial charge in [0.25, 0.3) is 0 Å². The Bertz CT molecular complexity index is 595. The summed E-state index contributed by atoms with van der Waals surface area (Å²) in [6.45, 7) is 0.522. The van der Waals surface area contributed by atoms with Crippen molar-refractivity contribution in [1.82, 2.24) is 5.32 Å². The van der Waals surface area contributed by atoms with E-state index in [1.165, 1.54) is 0 Å². The predicted molar refractivity (Wildman–Crippen MR) is 74.6 cm³/mol. The normalized spacial score (nSPS) is 23.0. The zero-order chi connectivity index (χ0) is 15.0. The summed E-state index contributed by atoms with van der Waals surface area (Å²) in [4.78, 5) is 37.1. The molecular formula is C15H16N2O4. The largest absolute Gasteiger partial charge is 0.480 e. The molecule has 0 aromatic heterocycles. The number of carboxylic acid groups (broad SMARTS) is 1. The van der Waals surface area contributed by atoms with E-state index in [-0.39, 0.29) is 5.91 Å². The highest BCUT2D eigenvalue weighted by Crippen LogP contribution is 2.46. The molecule has 1 aromatic carbocycles. The SMILES string of the molecule is O=C1[C@@H](NC(=O)C2(C(=O)O)CC2)CCN1c1ccccc1. The standard InChI is InChI=1S/C15H16N2O4/c18-12-11(16-13(19)15(7-8-15)14(20)21)6-9-17(12)10-4-2-1-3-5-10/h1-5,11H,6-9H2,(H,16,19)(H,20,21)/t11-/m0/s1. The number of amides is 2. The Hall–Kier alpha value is -2.37. The fourth-order valence-electron chi connectivity index (χ4n) is 2.64. The molecule has 3 rings (SSSR count). The summed E-state index contributed by atoms with van der Waals surface area (Å²) in [6, 6.07) is 8.60. The maximum absolute atomic E-state index is 12.3. The minimum absolute atomic E-state index is 0.185. The minimum Gasteiger partial charge on any atom is -0.480 e. The topological polar surface area (TPSA) is 86.7 Å². The van der Waals surface area contributed by atoms with Crippen LogP contribution in [0.2, 0.25) is 0 Å². The number of hydrogen-bond donors (Lipinski definition) is 2. The maximum atomic E-state index is 12.3. The van der Waals surface area contributed by atoms with Crippen LogP contribution in [0.25, 0.3) is 0 Å². The molecule has 1 saturated heterocycles. The first kappa shape index (κ1) is 13.6. The van der Waals surface area contributed by atoms with Crippen LogP contribution in [-0.2, 0) is 14.4 Å². The van der Waals surface area contributed by atoms with Crippen molar-refractivity contribution in [2.75, 3.05) is 11.4 Å². The van der Waals surface area contributed by atoms with E-state index in [9.17, 15) is 14.4 Å². The molecule has 1 aromatic rings. The van der Waals surface area contributed by atoms with Gasteiger partial charge in [0.2, 0.25) is 11.8 Å². The molecule has 1 saturated carbocycles. The molecule has 6 nitrogen and oxygen atoms in total. The van der Waals surface area contributed by atoms with Crippen LogP contribution in [0.15, 0.2) is 30.3 Å². The Morgan fingerprint density at radius 3 is 2.48 bits per heavy atom. The molecule has 6 heteroatoms. The number of nitrogens with zero attached hydrogens (tertiary/aromatic N) is 1. The number of para-hydroxylation sites is 1. The van der Waals surface area contributed by atoms with Crippen molar-refractivity contribution >= 4 is 23.5 Å². The fourth-order valence-corrected chi connectivity index (χ4v) is 2.64. The smallest absolute Gasteiger partial charge is 0.319 e.